The van der Waals surface area contributed by atoms with Gasteiger partial charge in [-0.25, -0.2) is 51.6 Å². The zero-order valence-electron chi connectivity index (χ0n) is 58.2. The third-order valence-electron chi connectivity index (χ3n) is 18.4. The van der Waals surface area contributed by atoms with Crippen LogP contribution in [0.2, 0.25) is 0 Å². The standard InChI is InChI=1S/C25H35N5O2.C24H32N6O3.C22H30N6O4S/c1-16(2)11-20-12-19(9-10-26-20)22-13-23(18-5-7-21(31)8-6-18)30-24(22)14-27-25(29-30)28-17(3)15-32-4;1-14-9-17(10-20(27-14)23(32)25-3)19-11-21(16-5-7-18(31)8-6-16)30-22(19)12-26-24(29-30)28-15(2)13-33-4;1-14(13-32-3)26-22-25-12-20-18(16-6-9-21(24-11-16)33(30,31)23-2)10-19(28(20)27-22)15-4-7-17(29)8-5-15/h9-10,12-14,16-18,21,31H,5-8,11,15H2,1-4H3,(H,28,29);9-12,15-16,18,31H,5-8,13H2,1-4H3,(H,25,32)(H,28,29);6,9-12,14-15,17,23,29H,4-5,7-8,13H2,1-3H3,(H,26,27)/t17-,18?,21?;15-,16?,18?;14-,15?,17?/m000/s1. The van der Waals surface area contributed by atoms with E-state index in [0.29, 0.717) is 55.2 Å². The molecule has 8 N–H and O–H groups in total. The number of carbonyl (C=O) groups is 1. The predicted octanol–water partition coefficient (Wildman–Crippen LogP) is 9.54. The summed E-state index contributed by atoms with van der Waals surface area (Å²) in [7, 11) is 4.35. The Morgan fingerprint density at radius 1 is 0.531 bits per heavy atom. The highest BCUT2D eigenvalue weighted by molar-refractivity contribution is 7.89. The van der Waals surface area contributed by atoms with E-state index >= 15 is 0 Å². The Morgan fingerprint density at radius 2 is 0.949 bits per heavy atom. The van der Waals surface area contributed by atoms with E-state index in [1.54, 1.807) is 46.8 Å². The Morgan fingerprint density at radius 3 is 1.33 bits per heavy atom. The second-order valence-electron chi connectivity index (χ2n) is 26.8. The number of pyridine rings is 3. The highest BCUT2D eigenvalue weighted by Gasteiger charge is 2.30. The summed E-state index contributed by atoms with van der Waals surface area (Å²) in [6.45, 7) is 14.0. The van der Waals surface area contributed by atoms with Gasteiger partial charge in [0.15, 0.2) is 5.03 Å². The van der Waals surface area contributed by atoms with Gasteiger partial charge in [0.2, 0.25) is 17.8 Å². The number of carbonyl (C=O) groups excluding carboxylic acids is 1. The first-order valence-corrected chi connectivity index (χ1v) is 35.7. The minimum atomic E-state index is -3.61. The molecule has 3 saturated carbocycles. The first kappa shape index (κ1) is 72.6. The van der Waals surface area contributed by atoms with E-state index in [2.05, 4.69) is 112 Å². The van der Waals surface area contributed by atoms with E-state index < -0.39 is 10.0 Å². The average Bonchev–Trinajstić information content (AvgIpc) is 1.66. The van der Waals surface area contributed by atoms with Gasteiger partial charge in [-0.1, -0.05) is 13.8 Å². The van der Waals surface area contributed by atoms with Gasteiger partial charge in [-0.15, -0.1) is 15.3 Å². The monoisotopic (exact) mass is 1360 g/mol. The number of fused-ring (bicyclic) bond motifs is 3. The first-order valence-electron chi connectivity index (χ1n) is 34.2. The van der Waals surface area contributed by atoms with Crippen molar-refractivity contribution in [3.8, 4) is 33.4 Å². The molecule has 0 unspecified atom stereocenters. The van der Waals surface area contributed by atoms with Crippen LogP contribution in [0.25, 0.3) is 49.9 Å². The number of aliphatic hydroxyl groups excluding tert-OH is 3. The van der Waals surface area contributed by atoms with E-state index in [4.69, 9.17) is 29.5 Å². The molecule has 3 atom stereocenters. The topological polar surface area (TPSA) is 329 Å². The molecular formula is C71H97N17O9S. The summed E-state index contributed by atoms with van der Waals surface area (Å²) < 4.78 is 47.9. The highest BCUT2D eigenvalue weighted by Crippen LogP contribution is 2.41. The summed E-state index contributed by atoms with van der Waals surface area (Å²) in [4.78, 5) is 39.0. The maximum Gasteiger partial charge on any atom is 0.269 e. The molecular weight excluding hydrogens is 1270 g/mol. The summed E-state index contributed by atoms with van der Waals surface area (Å²) in [6.07, 6.45) is 19.5. The van der Waals surface area contributed by atoms with E-state index in [0.717, 1.165) is 156 Å². The van der Waals surface area contributed by atoms with Gasteiger partial charge in [0.25, 0.3) is 15.9 Å². The lowest BCUT2D eigenvalue weighted by molar-refractivity contribution is 0.0957. The van der Waals surface area contributed by atoms with Gasteiger partial charge in [0.1, 0.15) is 5.69 Å². The van der Waals surface area contributed by atoms with Crippen LogP contribution in [0.4, 0.5) is 17.8 Å². The van der Waals surface area contributed by atoms with Crippen molar-refractivity contribution in [1.29, 1.82) is 0 Å². The summed E-state index contributed by atoms with van der Waals surface area (Å²) in [5.74, 6) is 2.87. The van der Waals surface area contributed by atoms with Crippen molar-refractivity contribution in [3.63, 3.8) is 0 Å². The molecule has 0 aliphatic heterocycles. The summed E-state index contributed by atoms with van der Waals surface area (Å²) in [5, 5.41) is 56.9. The number of amides is 1. The van der Waals surface area contributed by atoms with E-state index in [1.807, 2.05) is 60.5 Å². The van der Waals surface area contributed by atoms with Crippen molar-refractivity contribution in [2.75, 3.05) is 71.2 Å². The number of anilines is 3. The first-order chi connectivity index (χ1) is 47.1. The molecule has 27 heteroatoms. The van der Waals surface area contributed by atoms with Gasteiger partial charge in [0, 0.05) is 127 Å². The number of nitrogens with zero attached hydrogens (tertiary/aromatic N) is 12. The molecule has 9 aromatic heterocycles. The quantitative estimate of drug-likeness (QED) is 0.0295. The zero-order chi connectivity index (χ0) is 69.8. The number of nitrogens with one attached hydrogen (secondary N) is 5. The van der Waals surface area contributed by atoms with E-state index in [1.165, 1.54) is 18.8 Å². The molecule has 98 heavy (non-hydrogen) atoms. The van der Waals surface area contributed by atoms with Crippen molar-refractivity contribution < 1.29 is 42.7 Å². The zero-order valence-corrected chi connectivity index (χ0v) is 59.1. The fourth-order valence-corrected chi connectivity index (χ4v) is 14.2. The van der Waals surface area contributed by atoms with Gasteiger partial charge < -0.3 is 50.8 Å². The van der Waals surface area contributed by atoms with Crippen LogP contribution in [0.15, 0.2) is 90.6 Å². The molecule has 3 aliphatic carbocycles. The average molecular weight is 1360 g/mol. The summed E-state index contributed by atoms with van der Waals surface area (Å²) in [6, 6.07) is 18.0. The van der Waals surface area contributed by atoms with Gasteiger partial charge in [0.05, 0.1) is 73.3 Å². The van der Waals surface area contributed by atoms with Crippen LogP contribution in [-0.4, -0.2) is 180 Å². The number of aryl methyl sites for hydroxylation is 1. The van der Waals surface area contributed by atoms with Crippen LogP contribution in [0.5, 0.6) is 0 Å². The highest BCUT2D eigenvalue weighted by atomic mass is 32.2. The van der Waals surface area contributed by atoms with Crippen molar-refractivity contribution in [3.05, 3.63) is 120 Å². The Balaban J connectivity index is 0.000000159. The Kier molecular flexibility index (Phi) is 24.5. The lowest BCUT2D eigenvalue weighted by Gasteiger charge is -2.25. The Hall–Kier alpha value is -8.15. The van der Waals surface area contributed by atoms with Crippen molar-refractivity contribution in [1.82, 2.24) is 68.8 Å². The second kappa shape index (κ2) is 33.1. The maximum atomic E-state index is 12.3. The number of sulfonamides is 1. The van der Waals surface area contributed by atoms with Crippen LogP contribution in [0, 0.1) is 12.8 Å². The molecule has 9 heterocycles. The minimum absolute atomic E-state index is 0.0337. The molecule has 3 fully saturated rings. The number of rotatable bonds is 23. The molecule has 0 aromatic carbocycles. The Labute approximate surface area is 573 Å². The number of hydrogen-bond donors (Lipinski definition) is 8. The molecule has 9 aromatic rings. The molecule has 0 saturated heterocycles. The van der Waals surface area contributed by atoms with Crippen molar-refractivity contribution >= 4 is 50.3 Å². The number of methoxy groups -OCH3 is 3. The van der Waals surface area contributed by atoms with Gasteiger partial charge >= 0.3 is 0 Å². The lowest BCUT2D eigenvalue weighted by atomic mass is 9.85. The summed E-state index contributed by atoms with van der Waals surface area (Å²) in [5.41, 5.74) is 14.1. The van der Waals surface area contributed by atoms with Crippen LogP contribution < -0.4 is 26.0 Å². The van der Waals surface area contributed by atoms with Gasteiger partial charge in [-0.05, 0) is 190 Å². The van der Waals surface area contributed by atoms with E-state index in [9.17, 15) is 28.5 Å². The number of aromatic nitrogens is 12. The van der Waals surface area contributed by atoms with Crippen LogP contribution in [0.1, 0.15) is 168 Å². The molecule has 0 bridgehead atoms. The third-order valence-corrected chi connectivity index (χ3v) is 19.7. The molecule has 3 aliphatic rings. The molecule has 26 nitrogen and oxygen atoms in total. The largest absolute Gasteiger partial charge is 0.393 e. The van der Waals surface area contributed by atoms with Crippen LogP contribution in [0.3, 0.4) is 0 Å². The molecule has 12 rings (SSSR count). The molecule has 1 amide bonds. The Bertz CT molecular complexity index is 4230. The van der Waals surface area contributed by atoms with Gasteiger partial charge in [-0.2, -0.15) is 0 Å². The van der Waals surface area contributed by atoms with E-state index in [-0.39, 0.29) is 59.2 Å². The van der Waals surface area contributed by atoms with Crippen LogP contribution in [-0.2, 0) is 30.7 Å². The second-order valence-corrected chi connectivity index (χ2v) is 28.6. The fourth-order valence-electron chi connectivity index (χ4n) is 13.5. The lowest BCUT2D eigenvalue weighted by Crippen LogP contribution is -2.23. The van der Waals surface area contributed by atoms with Crippen molar-refractivity contribution in [2.24, 2.45) is 5.92 Å². The SMILES string of the molecule is CNC(=O)c1cc(-c2cc(C3CCC(O)CC3)n3nc(N[C@@H](C)COC)ncc23)cc(C)n1.CNS(=O)(=O)c1ccc(-c2cc(C3CCC(O)CC3)n3nc(N[C@@H](C)COC)ncc23)cn1.COC[C@H](C)Nc1ncc2c(-c3ccnc(CC(C)C)c3)cc(C3CCC(O)CC3)n2n1. The van der Waals surface area contributed by atoms with Gasteiger partial charge in [-0.3, -0.25) is 9.78 Å². The summed E-state index contributed by atoms with van der Waals surface area (Å²) >= 11 is 0. The third kappa shape index (κ3) is 17.8. The van der Waals surface area contributed by atoms with Crippen molar-refractivity contribution in [2.45, 2.75) is 184 Å². The fraction of sp³-hybridized carbons (Fsp3) is 0.521. The number of aliphatic hydroxyl groups is 3. The molecule has 0 radical (unpaired) electrons. The maximum absolute atomic E-state index is 12.3. The minimum Gasteiger partial charge on any atom is -0.393 e. The smallest absolute Gasteiger partial charge is 0.269 e. The normalized spacial score (nSPS) is 19.9. The predicted molar refractivity (Wildman–Crippen MR) is 378 cm³/mol. The molecule has 0 spiro atoms. The number of ether oxygens (including phenoxy) is 3. The molecule has 526 valence electrons. The number of hydrogen-bond acceptors (Lipinski definition) is 21. The van der Waals surface area contributed by atoms with Crippen LogP contribution >= 0.6 is 0 Å².